The van der Waals surface area contributed by atoms with Crippen LogP contribution in [0.15, 0.2) is 12.1 Å². The number of thiophene rings is 1. The van der Waals surface area contributed by atoms with E-state index in [1.165, 1.54) is 24.1 Å². The van der Waals surface area contributed by atoms with E-state index in [0.29, 0.717) is 0 Å². The zero-order valence-corrected chi connectivity index (χ0v) is 12.9. The second-order valence-corrected chi connectivity index (χ2v) is 8.18. The van der Waals surface area contributed by atoms with Gasteiger partial charge in [-0.3, -0.25) is 0 Å². The Kier molecular flexibility index (Phi) is 3.89. The third-order valence-corrected chi connectivity index (χ3v) is 5.85. The zero-order valence-electron chi connectivity index (χ0n) is 12.1. The molecular weight excluding hydrogens is 240 g/mol. The van der Waals surface area contributed by atoms with E-state index in [9.17, 15) is 5.11 Å². The predicted molar refractivity (Wildman–Crippen MR) is 79.2 cm³/mol. The molecule has 1 aromatic heterocycles. The van der Waals surface area contributed by atoms with Crippen LogP contribution in [0.5, 0.6) is 0 Å². The first-order chi connectivity index (χ1) is 8.33. The molecule has 1 heterocycles. The first-order valence-electron chi connectivity index (χ1n) is 7.11. The highest BCUT2D eigenvalue weighted by molar-refractivity contribution is 7.12. The van der Waals surface area contributed by atoms with Crippen molar-refractivity contribution in [3.05, 3.63) is 21.9 Å². The molecule has 1 aliphatic carbocycles. The van der Waals surface area contributed by atoms with Gasteiger partial charge in [-0.05, 0) is 35.8 Å². The normalized spacial score (nSPS) is 21.8. The monoisotopic (exact) mass is 266 g/mol. The second-order valence-electron chi connectivity index (χ2n) is 7.07. The van der Waals surface area contributed by atoms with Crippen molar-refractivity contribution in [2.24, 2.45) is 5.41 Å². The van der Waals surface area contributed by atoms with Crippen LogP contribution in [0.1, 0.15) is 75.7 Å². The maximum absolute atomic E-state index is 10.7. The van der Waals surface area contributed by atoms with Crippen LogP contribution in [0.2, 0.25) is 0 Å². The molecule has 0 bridgehead atoms. The highest BCUT2D eigenvalue weighted by Crippen LogP contribution is 2.47. The number of hydrogen-bond donors (Lipinski definition) is 1. The van der Waals surface area contributed by atoms with E-state index in [0.717, 1.165) is 17.7 Å². The molecule has 0 amide bonds. The number of aliphatic hydroxyl groups excluding tert-OH is 1. The summed E-state index contributed by atoms with van der Waals surface area (Å²) in [6, 6.07) is 4.32. The lowest BCUT2D eigenvalue weighted by atomic mass is 9.71. The van der Waals surface area contributed by atoms with Crippen LogP contribution in [0.25, 0.3) is 0 Å². The Labute approximate surface area is 115 Å². The molecule has 2 heteroatoms. The molecule has 0 spiro atoms. The van der Waals surface area contributed by atoms with E-state index in [1.54, 1.807) is 11.3 Å². The first-order valence-corrected chi connectivity index (χ1v) is 7.93. The SMILES string of the molecule is CC(C)(C)c1ccc(C(O)C2(C)CCCCC2)s1. The minimum atomic E-state index is -0.279. The van der Waals surface area contributed by atoms with Gasteiger partial charge in [0.25, 0.3) is 0 Å². The lowest BCUT2D eigenvalue weighted by molar-refractivity contribution is 0.0107. The molecule has 18 heavy (non-hydrogen) atoms. The lowest BCUT2D eigenvalue weighted by Crippen LogP contribution is -2.27. The van der Waals surface area contributed by atoms with Gasteiger partial charge in [0.1, 0.15) is 0 Å². The Morgan fingerprint density at radius 3 is 2.28 bits per heavy atom. The Morgan fingerprint density at radius 1 is 1.17 bits per heavy atom. The third-order valence-electron chi connectivity index (χ3n) is 4.29. The molecule has 102 valence electrons. The van der Waals surface area contributed by atoms with Gasteiger partial charge < -0.3 is 5.11 Å². The van der Waals surface area contributed by atoms with Crippen molar-refractivity contribution in [2.45, 2.75) is 71.3 Å². The Bertz CT molecular complexity index is 393. The van der Waals surface area contributed by atoms with Crippen molar-refractivity contribution in [3.63, 3.8) is 0 Å². The van der Waals surface area contributed by atoms with E-state index in [-0.39, 0.29) is 16.9 Å². The predicted octanol–water partition coefficient (Wildman–Crippen LogP) is 5.05. The molecular formula is C16H26OS. The van der Waals surface area contributed by atoms with Crippen LogP contribution in [-0.4, -0.2) is 5.11 Å². The summed E-state index contributed by atoms with van der Waals surface area (Å²) in [6.45, 7) is 8.96. The van der Waals surface area contributed by atoms with Crippen LogP contribution in [0.3, 0.4) is 0 Å². The summed E-state index contributed by atoms with van der Waals surface area (Å²) in [5.74, 6) is 0. The summed E-state index contributed by atoms with van der Waals surface area (Å²) in [6.07, 6.45) is 5.92. The van der Waals surface area contributed by atoms with E-state index in [4.69, 9.17) is 0 Å². The van der Waals surface area contributed by atoms with Gasteiger partial charge in [-0.15, -0.1) is 11.3 Å². The van der Waals surface area contributed by atoms with Crippen molar-refractivity contribution in [3.8, 4) is 0 Å². The van der Waals surface area contributed by atoms with Crippen LogP contribution in [-0.2, 0) is 5.41 Å². The van der Waals surface area contributed by atoms with Crippen molar-refractivity contribution in [1.82, 2.24) is 0 Å². The van der Waals surface area contributed by atoms with Gasteiger partial charge >= 0.3 is 0 Å². The quantitative estimate of drug-likeness (QED) is 0.794. The molecule has 1 aromatic rings. The molecule has 0 saturated heterocycles. The van der Waals surface area contributed by atoms with Crippen LogP contribution in [0.4, 0.5) is 0 Å². The van der Waals surface area contributed by atoms with Crippen molar-refractivity contribution >= 4 is 11.3 Å². The molecule has 1 N–H and O–H groups in total. The van der Waals surface area contributed by atoms with Gasteiger partial charge in [0, 0.05) is 9.75 Å². The topological polar surface area (TPSA) is 20.2 Å². The molecule has 0 radical (unpaired) electrons. The first kappa shape index (κ1) is 14.1. The molecule has 2 rings (SSSR count). The van der Waals surface area contributed by atoms with E-state index < -0.39 is 0 Å². The Hall–Kier alpha value is -0.340. The summed E-state index contributed by atoms with van der Waals surface area (Å²) in [4.78, 5) is 2.53. The van der Waals surface area contributed by atoms with Gasteiger partial charge in [0.2, 0.25) is 0 Å². The summed E-state index contributed by atoms with van der Waals surface area (Å²) in [5.41, 5.74) is 0.286. The average Bonchev–Trinajstić information content (AvgIpc) is 2.77. The van der Waals surface area contributed by atoms with E-state index >= 15 is 0 Å². The van der Waals surface area contributed by atoms with E-state index in [2.05, 4.69) is 39.8 Å². The number of aliphatic hydroxyl groups is 1. The van der Waals surface area contributed by atoms with Crippen LogP contribution < -0.4 is 0 Å². The summed E-state index contributed by atoms with van der Waals surface area (Å²) >= 11 is 1.79. The molecule has 0 aliphatic heterocycles. The van der Waals surface area contributed by atoms with Gasteiger partial charge in [0.15, 0.2) is 0 Å². The maximum atomic E-state index is 10.7. The molecule has 1 unspecified atom stereocenters. The molecule has 1 nitrogen and oxygen atoms in total. The Balaban J connectivity index is 2.18. The zero-order chi connectivity index (χ0) is 13.4. The number of rotatable bonds is 2. The fourth-order valence-corrected chi connectivity index (χ4v) is 4.11. The molecule has 0 aromatic carbocycles. The van der Waals surface area contributed by atoms with Crippen molar-refractivity contribution in [1.29, 1.82) is 0 Å². The highest BCUT2D eigenvalue weighted by Gasteiger charge is 2.36. The van der Waals surface area contributed by atoms with Crippen molar-refractivity contribution in [2.75, 3.05) is 0 Å². The molecule has 1 saturated carbocycles. The van der Waals surface area contributed by atoms with E-state index in [1.807, 2.05) is 0 Å². The minimum absolute atomic E-state index is 0.0955. The summed E-state index contributed by atoms with van der Waals surface area (Å²) in [5, 5.41) is 10.7. The molecule has 1 fully saturated rings. The average molecular weight is 266 g/mol. The van der Waals surface area contributed by atoms with Crippen LogP contribution in [0, 0.1) is 5.41 Å². The molecule has 1 atom stereocenters. The standard InChI is InChI=1S/C16H26OS/c1-15(2,3)13-9-8-12(18-13)14(17)16(4)10-6-5-7-11-16/h8-9,14,17H,5-7,10-11H2,1-4H3. The van der Waals surface area contributed by atoms with Crippen LogP contribution >= 0.6 is 11.3 Å². The summed E-state index contributed by atoms with van der Waals surface area (Å²) < 4.78 is 0. The maximum Gasteiger partial charge on any atom is 0.0935 e. The fraction of sp³-hybridized carbons (Fsp3) is 0.750. The lowest BCUT2D eigenvalue weighted by Gasteiger charge is -2.37. The molecule has 1 aliphatic rings. The van der Waals surface area contributed by atoms with Gasteiger partial charge in [-0.25, -0.2) is 0 Å². The van der Waals surface area contributed by atoms with Gasteiger partial charge in [-0.1, -0.05) is 47.0 Å². The van der Waals surface area contributed by atoms with Crippen molar-refractivity contribution < 1.29 is 5.11 Å². The Morgan fingerprint density at radius 2 is 1.78 bits per heavy atom. The van der Waals surface area contributed by atoms with Gasteiger partial charge in [0.05, 0.1) is 6.10 Å². The highest BCUT2D eigenvalue weighted by atomic mass is 32.1. The fourth-order valence-electron chi connectivity index (χ4n) is 2.88. The smallest absolute Gasteiger partial charge is 0.0935 e. The summed E-state index contributed by atoms with van der Waals surface area (Å²) in [7, 11) is 0. The number of hydrogen-bond acceptors (Lipinski definition) is 2. The van der Waals surface area contributed by atoms with Gasteiger partial charge in [-0.2, -0.15) is 0 Å². The largest absolute Gasteiger partial charge is 0.387 e. The third kappa shape index (κ3) is 2.80. The minimum Gasteiger partial charge on any atom is -0.387 e. The second kappa shape index (κ2) is 4.97.